The van der Waals surface area contributed by atoms with Gasteiger partial charge in [-0.25, -0.2) is 4.98 Å². The molecular weight excluding hydrogens is 188 g/mol. The smallest absolute Gasteiger partial charge is 0.197 e. The molecular formula is C12H20N2O. The van der Waals surface area contributed by atoms with E-state index in [0.717, 1.165) is 23.9 Å². The SMILES string of the molecule is CNCc1oc(C2CC2)nc1C(C)(C)C. The molecule has 0 saturated heterocycles. The van der Waals surface area contributed by atoms with Crippen LogP contribution in [0.15, 0.2) is 4.42 Å². The Morgan fingerprint density at radius 1 is 1.40 bits per heavy atom. The second kappa shape index (κ2) is 3.63. The van der Waals surface area contributed by atoms with E-state index in [9.17, 15) is 0 Å². The minimum Gasteiger partial charge on any atom is -0.444 e. The average Bonchev–Trinajstić information content (AvgIpc) is 2.87. The molecule has 3 nitrogen and oxygen atoms in total. The predicted octanol–water partition coefficient (Wildman–Crippen LogP) is 2.57. The quantitative estimate of drug-likeness (QED) is 0.829. The van der Waals surface area contributed by atoms with E-state index in [2.05, 4.69) is 31.1 Å². The van der Waals surface area contributed by atoms with E-state index in [1.807, 2.05) is 7.05 Å². The van der Waals surface area contributed by atoms with Crippen molar-refractivity contribution in [2.75, 3.05) is 7.05 Å². The Labute approximate surface area is 91.3 Å². The Morgan fingerprint density at radius 3 is 2.53 bits per heavy atom. The van der Waals surface area contributed by atoms with Gasteiger partial charge >= 0.3 is 0 Å². The van der Waals surface area contributed by atoms with Gasteiger partial charge < -0.3 is 9.73 Å². The molecule has 0 spiro atoms. The summed E-state index contributed by atoms with van der Waals surface area (Å²) in [7, 11) is 1.94. The molecule has 0 bridgehead atoms. The number of oxazole rings is 1. The lowest BCUT2D eigenvalue weighted by molar-refractivity contribution is 0.439. The molecule has 1 aromatic rings. The molecule has 1 aliphatic rings. The number of aromatic nitrogens is 1. The molecule has 0 unspecified atom stereocenters. The normalized spacial score (nSPS) is 17.1. The number of hydrogen-bond acceptors (Lipinski definition) is 3. The fourth-order valence-corrected chi connectivity index (χ4v) is 1.74. The van der Waals surface area contributed by atoms with Gasteiger partial charge in [0.25, 0.3) is 0 Å². The second-order valence-electron chi connectivity index (χ2n) is 5.38. The van der Waals surface area contributed by atoms with E-state index in [-0.39, 0.29) is 5.41 Å². The van der Waals surface area contributed by atoms with Crippen LogP contribution in [0.25, 0.3) is 0 Å². The maximum Gasteiger partial charge on any atom is 0.197 e. The molecule has 1 heterocycles. The molecule has 84 valence electrons. The molecule has 15 heavy (non-hydrogen) atoms. The minimum atomic E-state index is 0.0722. The Morgan fingerprint density at radius 2 is 2.07 bits per heavy atom. The lowest BCUT2D eigenvalue weighted by atomic mass is 9.91. The number of rotatable bonds is 3. The highest BCUT2D eigenvalue weighted by Crippen LogP contribution is 2.41. The van der Waals surface area contributed by atoms with E-state index in [4.69, 9.17) is 4.42 Å². The van der Waals surface area contributed by atoms with Gasteiger partial charge in [-0.15, -0.1) is 0 Å². The maximum absolute atomic E-state index is 5.83. The van der Waals surface area contributed by atoms with E-state index < -0.39 is 0 Å². The van der Waals surface area contributed by atoms with Gasteiger partial charge in [0.2, 0.25) is 0 Å². The summed E-state index contributed by atoms with van der Waals surface area (Å²) in [6, 6.07) is 0. The van der Waals surface area contributed by atoms with Crippen LogP contribution in [-0.4, -0.2) is 12.0 Å². The van der Waals surface area contributed by atoms with E-state index in [1.165, 1.54) is 12.8 Å². The zero-order chi connectivity index (χ0) is 11.1. The summed E-state index contributed by atoms with van der Waals surface area (Å²) < 4.78 is 5.83. The zero-order valence-electron chi connectivity index (χ0n) is 10.1. The van der Waals surface area contributed by atoms with Gasteiger partial charge in [0.05, 0.1) is 12.2 Å². The van der Waals surface area contributed by atoms with Crippen LogP contribution in [0.5, 0.6) is 0 Å². The lowest BCUT2D eigenvalue weighted by Crippen LogP contribution is -2.16. The van der Waals surface area contributed by atoms with E-state index in [0.29, 0.717) is 5.92 Å². The van der Waals surface area contributed by atoms with Crippen molar-refractivity contribution in [3.8, 4) is 0 Å². The average molecular weight is 208 g/mol. The molecule has 1 aromatic heterocycles. The zero-order valence-corrected chi connectivity index (χ0v) is 10.1. The van der Waals surface area contributed by atoms with Crippen LogP contribution in [0.3, 0.4) is 0 Å². The van der Waals surface area contributed by atoms with Crippen molar-refractivity contribution in [2.45, 2.75) is 51.5 Å². The van der Waals surface area contributed by atoms with Gasteiger partial charge in [-0.3, -0.25) is 0 Å². The number of hydrogen-bond donors (Lipinski definition) is 1. The number of nitrogens with zero attached hydrogens (tertiary/aromatic N) is 1. The summed E-state index contributed by atoms with van der Waals surface area (Å²) in [5.74, 6) is 2.55. The molecule has 1 aliphatic carbocycles. The molecule has 2 rings (SSSR count). The van der Waals surface area contributed by atoms with Gasteiger partial charge in [0.15, 0.2) is 5.89 Å². The highest BCUT2D eigenvalue weighted by molar-refractivity contribution is 5.21. The van der Waals surface area contributed by atoms with Crippen LogP contribution in [0.1, 0.15) is 56.9 Å². The summed E-state index contributed by atoms with van der Waals surface area (Å²) in [6.45, 7) is 7.31. The minimum absolute atomic E-state index is 0.0722. The van der Waals surface area contributed by atoms with Crippen LogP contribution < -0.4 is 5.32 Å². The maximum atomic E-state index is 5.83. The van der Waals surface area contributed by atoms with Crippen molar-refractivity contribution in [1.82, 2.24) is 10.3 Å². The highest BCUT2D eigenvalue weighted by atomic mass is 16.4. The van der Waals surface area contributed by atoms with Crippen molar-refractivity contribution in [2.24, 2.45) is 0 Å². The first-order valence-electron chi connectivity index (χ1n) is 5.67. The van der Waals surface area contributed by atoms with Gasteiger partial charge in [-0.05, 0) is 19.9 Å². The third-order valence-electron chi connectivity index (χ3n) is 2.69. The fourth-order valence-electron chi connectivity index (χ4n) is 1.74. The monoisotopic (exact) mass is 208 g/mol. The fraction of sp³-hybridized carbons (Fsp3) is 0.750. The Bertz CT molecular complexity index is 345. The molecule has 1 N–H and O–H groups in total. The van der Waals surface area contributed by atoms with E-state index in [1.54, 1.807) is 0 Å². The van der Waals surface area contributed by atoms with Crippen LogP contribution in [0, 0.1) is 0 Å². The number of nitrogens with one attached hydrogen (secondary N) is 1. The van der Waals surface area contributed by atoms with E-state index >= 15 is 0 Å². The first-order valence-corrected chi connectivity index (χ1v) is 5.67. The Kier molecular flexibility index (Phi) is 2.59. The van der Waals surface area contributed by atoms with Crippen LogP contribution in [0.2, 0.25) is 0 Å². The van der Waals surface area contributed by atoms with Crippen LogP contribution >= 0.6 is 0 Å². The van der Waals surface area contributed by atoms with Gasteiger partial charge in [0, 0.05) is 11.3 Å². The molecule has 3 heteroatoms. The molecule has 0 amide bonds. The standard InChI is InChI=1S/C12H20N2O/c1-12(2,3)10-9(7-13-4)15-11(14-10)8-5-6-8/h8,13H,5-7H2,1-4H3. The van der Waals surface area contributed by atoms with Crippen molar-refractivity contribution in [3.05, 3.63) is 17.3 Å². The van der Waals surface area contributed by atoms with Crippen molar-refractivity contribution < 1.29 is 4.42 Å². The summed E-state index contributed by atoms with van der Waals surface area (Å²) in [5.41, 5.74) is 1.18. The van der Waals surface area contributed by atoms with Gasteiger partial charge in [0.1, 0.15) is 5.76 Å². The predicted molar refractivity (Wildman–Crippen MR) is 59.9 cm³/mol. The largest absolute Gasteiger partial charge is 0.444 e. The summed E-state index contributed by atoms with van der Waals surface area (Å²) in [4.78, 5) is 4.66. The topological polar surface area (TPSA) is 38.1 Å². The Balaban J connectivity index is 2.32. The summed E-state index contributed by atoms with van der Waals surface area (Å²) in [5, 5.41) is 3.14. The molecule has 0 aliphatic heterocycles. The summed E-state index contributed by atoms with van der Waals surface area (Å²) >= 11 is 0. The molecule has 0 aromatic carbocycles. The van der Waals surface area contributed by atoms with Gasteiger partial charge in [-0.2, -0.15) is 0 Å². The van der Waals surface area contributed by atoms with Crippen molar-refractivity contribution >= 4 is 0 Å². The first-order chi connectivity index (χ1) is 7.02. The van der Waals surface area contributed by atoms with Crippen molar-refractivity contribution in [3.63, 3.8) is 0 Å². The lowest BCUT2D eigenvalue weighted by Gasteiger charge is -2.16. The third kappa shape index (κ3) is 2.23. The molecule has 1 fully saturated rings. The molecule has 1 saturated carbocycles. The second-order valence-corrected chi connectivity index (χ2v) is 5.38. The summed E-state index contributed by atoms with van der Waals surface area (Å²) in [6.07, 6.45) is 2.48. The third-order valence-corrected chi connectivity index (χ3v) is 2.69. The molecule has 0 radical (unpaired) electrons. The van der Waals surface area contributed by atoms with Crippen LogP contribution in [0.4, 0.5) is 0 Å². The molecule has 0 atom stereocenters. The first kappa shape index (κ1) is 10.7. The van der Waals surface area contributed by atoms with Crippen LogP contribution in [-0.2, 0) is 12.0 Å². The van der Waals surface area contributed by atoms with Crippen molar-refractivity contribution in [1.29, 1.82) is 0 Å². The highest BCUT2D eigenvalue weighted by Gasteiger charge is 2.32. The Hall–Kier alpha value is -0.830. The van der Waals surface area contributed by atoms with Gasteiger partial charge in [-0.1, -0.05) is 20.8 Å².